The van der Waals surface area contributed by atoms with Gasteiger partial charge in [0.2, 0.25) is 0 Å². The predicted octanol–water partition coefficient (Wildman–Crippen LogP) is 5.24. The van der Waals surface area contributed by atoms with Gasteiger partial charge in [0, 0.05) is 0 Å². The summed E-state index contributed by atoms with van der Waals surface area (Å²) >= 11 is 0. The van der Waals surface area contributed by atoms with Gasteiger partial charge >= 0.3 is 135 Å². The van der Waals surface area contributed by atoms with Crippen LogP contribution >= 0.6 is 7.28 Å². The van der Waals surface area contributed by atoms with Crippen molar-refractivity contribution in [2.24, 2.45) is 0 Å². The molecule has 0 fully saturated rings. The Morgan fingerprint density at radius 3 is 1.36 bits per heavy atom. The van der Waals surface area contributed by atoms with Crippen molar-refractivity contribution in [1.82, 2.24) is 0 Å². The molecule has 128 valence electrons. The van der Waals surface area contributed by atoms with Crippen LogP contribution in [0.25, 0.3) is 0 Å². The van der Waals surface area contributed by atoms with Crippen molar-refractivity contribution in [1.29, 1.82) is 0 Å². The number of benzene rings is 1. The van der Waals surface area contributed by atoms with E-state index in [1.165, 1.54) is 5.56 Å². The molecule has 0 saturated heterocycles. The summed E-state index contributed by atoms with van der Waals surface area (Å²) in [4.78, 5) is 22.6. The van der Waals surface area contributed by atoms with Gasteiger partial charge in [0.25, 0.3) is 0 Å². The normalized spacial score (nSPS) is 16.0. The monoisotopic (exact) mass is 328 g/mol. The molecular formula is C18H33O3P. The van der Waals surface area contributed by atoms with E-state index >= 15 is 0 Å². The third-order valence-electron chi connectivity index (χ3n) is 4.42. The Labute approximate surface area is 135 Å². The van der Waals surface area contributed by atoms with E-state index in [9.17, 15) is 9.79 Å². The molecule has 0 saturated carbocycles. The minimum absolute atomic E-state index is 0.0521. The molecule has 0 aliphatic carbocycles. The first-order valence-corrected chi connectivity index (χ1v) is 9.86. The second-order valence-corrected chi connectivity index (χ2v) is 13.9. The Hall–Kier alpha value is -0.630. The first kappa shape index (κ1) is 19.4. The molecule has 4 heteroatoms. The van der Waals surface area contributed by atoms with Gasteiger partial charge in [-0.25, -0.2) is 0 Å². The fraction of sp³-hybridized carbons (Fsp3) is 0.667. The third-order valence-corrected chi connectivity index (χ3v) is 9.81. The number of hydrogen-bond donors (Lipinski definition) is 2. The van der Waals surface area contributed by atoms with Crippen LogP contribution in [0.4, 0.5) is 0 Å². The quantitative estimate of drug-likeness (QED) is 0.730. The summed E-state index contributed by atoms with van der Waals surface area (Å²) in [5.41, 5.74) is 1.24. The average molecular weight is 328 g/mol. The molecule has 0 atom stereocenters. The van der Waals surface area contributed by atoms with Crippen molar-refractivity contribution in [2.45, 2.75) is 78.0 Å². The molecule has 0 heterocycles. The van der Waals surface area contributed by atoms with E-state index < -0.39 is 17.6 Å². The van der Waals surface area contributed by atoms with Gasteiger partial charge in [0.1, 0.15) is 0 Å². The first-order valence-electron chi connectivity index (χ1n) is 7.81. The molecule has 0 aliphatic heterocycles. The van der Waals surface area contributed by atoms with E-state index in [0.29, 0.717) is 5.75 Å². The Morgan fingerprint density at radius 2 is 1.09 bits per heavy atom. The van der Waals surface area contributed by atoms with E-state index in [2.05, 4.69) is 20.8 Å². The van der Waals surface area contributed by atoms with Gasteiger partial charge in [0.05, 0.1) is 0 Å². The maximum atomic E-state index is 11.3. The van der Waals surface area contributed by atoms with Crippen LogP contribution in [-0.2, 0) is 5.41 Å². The molecule has 1 aromatic rings. The molecule has 1 aromatic carbocycles. The fourth-order valence-electron chi connectivity index (χ4n) is 2.50. The molecule has 0 aliphatic rings. The molecule has 0 bridgehead atoms. The Morgan fingerprint density at radius 1 is 0.727 bits per heavy atom. The van der Waals surface area contributed by atoms with Gasteiger partial charge < -0.3 is 0 Å². The Balaban J connectivity index is 3.29. The number of rotatable bonds is 2. The van der Waals surface area contributed by atoms with E-state index in [0.717, 1.165) is 0 Å². The molecule has 0 amide bonds. The standard InChI is InChI=1S/C18H33O3P/c1-16(2,3)14-10-12-15(13-11-14)21-22(19,20,17(4,5)6)18(7,8)9/h10-13,19-20H,1-9H3. The van der Waals surface area contributed by atoms with Gasteiger partial charge in [0.15, 0.2) is 0 Å². The van der Waals surface area contributed by atoms with Gasteiger partial charge in [-0.15, -0.1) is 0 Å². The molecule has 1 rings (SSSR count). The van der Waals surface area contributed by atoms with Crippen LogP contribution in [-0.4, -0.2) is 20.1 Å². The van der Waals surface area contributed by atoms with Crippen molar-refractivity contribution >= 4 is 7.28 Å². The molecule has 0 spiro atoms. The predicted molar refractivity (Wildman–Crippen MR) is 96.6 cm³/mol. The van der Waals surface area contributed by atoms with Crippen LogP contribution in [0, 0.1) is 0 Å². The van der Waals surface area contributed by atoms with Crippen molar-refractivity contribution in [2.75, 3.05) is 0 Å². The van der Waals surface area contributed by atoms with Crippen LogP contribution in [0.2, 0.25) is 0 Å². The van der Waals surface area contributed by atoms with Crippen LogP contribution in [0.1, 0.15) is 67.9 Å². The van der Waals surface area contributed by atoms with Gasteiger partial charge in [-0.05, 0) is 0 Å². The topological polar surface area (TPSA) is 49.7 Å². The van der Waals surface area contributed by atoms with Crippen molar-refractivity contribution in [3.8, 4) is 5.75 Å². The molecule has 2 N–H and O–H groups in total. The number of hydrogen-bond acceptors (Lipinski definition) is 3. The van der Waals surface area contributed by atoms with Crippen molar-refractivity contribution < 1.29 is 14.3 Å². The van der Waals surface area contributed by atoms with E-state index in [1.54, 1.807) is 0 Å². The van der Waals surface area contributed by atoms with Gasteiger partial charge in [-0.1, -0.05) is 0 Å². The van der Waals surface area contributed by atoms with Crippen molar-refractivity contribution in [3.05, 3.63) is 29.8 Å². The Bertz CT molecular complexity index is 507. The zero-order chi connectivity index (χ0) is 17.6. The molecule has 3 nitrogen and oxygen atoms in total. The Kier molecular flexibility index (Phi) is 4.58. The molecule has 22 heavy (non-hydrogen) atoms. The second-order valence-electron chi connectivity index (χ2n) is 9.15. The summed E-state index contributed by atoms with van der Waals surface area (Å²) in [5.74, 6) is 0.500. The van der Waals surface area contributed by atoms with E-state index in [1.807, 2.05) is 65.8 Å². The third kappa shape index (κ3) is 3.18. The molecular weight excluding hydrogens is 295 g/mol. The van der Waals surface area contributed by atoms with Crippen LogP contribution in [0.3, 0.4) is 0 Å². The summed E-state index contributed by atoms with van der Waals surface area (Å²) < 4.78 is 5.93. The van der Waals surface area contributed by atoms with Crippen LogP contribution < -0.4 is 4.52 Å². The van der Waals surface area contributed by atoms with Crippen LogP contribution in [0.5, 0.6) is 5.75 Å². The average Bonchev–Trinajstić information content (AvgIpc) is 2.24. The van der Waals surface area contributed by atoms with Gasteiger partial charge in [-0.3, -0.25) is 0 Å². The zero-order valence-corrected chi connectivity index (χ0v) is 16.5. The summed E-state index contributed by atoms with van der Waals surface area (Å²) in [7, 11) is -4.45. The first-order chi connectivity index (χ1) is 9.49. The van der Waals surface area contributed by atoms with Gasteiger partial charge in [-0.2, -0.15) is 0 Å². The second kappa shape index (κ2) is 5.19. The van der Waals surface area contributed by atoms with Crippen LogP contribution in [0.15, 0.2) is 24.3 Å². The fourth-order valence-corrected chi connectivity index (χ4v) is 5.58. The molecule has 0 unspecified atom stereocenters. The SMILES string of the molecule is CC(C)(C)c1ccc(OP(O)(O)(C(C)(C)C)C(C)(C)C)cc1. The maximum absolute atomic E-state index is 11.3. The van der Waals surface area contributed by atoms with E-state index in [-0.39, 0.29) is 5.41 Å². The van der Waals surface area contributed by atoms with E-state index in [4.69, 9.17) is 4.52 Å². The summed E-state index contributed by atoms with van der Waals surface area (Å²) in [6, 6.07) is 7.62. The summed E-state index contributed by atoms with van der Waals surface area (Å²) in [6.45, 7) is 17.3. The zero-order valence-electron chi connectivity index (χ0n) is 15.6. The molecule has 0 aromatic heterocycles. The summed E-state index contributed by atoms with van der Waals surface area (Å²) in [5, 5.41) is -1.54. The minimum atomic E-state index is -4.45. The van der Waals surface area contributed by atoms with Crippen molar-refractivity contribution in [3.63, 3.8) is 0 Å². The summed E-state index contributed by atoms with van der Waals surface area (Å²) in [6.07, 6.45) is 0. The molecule has 0 radical (unpaired) electrons.